The van der Waals surface area contributed by atoms with E-state index in [0.29, 0.717) is 6.42 Å². The summed E-state index contributed by atoms with van der Waals surface area (Å²) in [5.74, 6) is -2.29. The van der Waals surface area contributed by atoms with Crippen molar-refractivity contribution in [2.75, 3.05) is 5.32 Å². The highest BCUT2D eigenvalue weighted by atomic mass is 19.4. The van der Waals surface area contributed by atoms with E-state index in [-0.39, 0.29) is 17.7 Å². The maximum Gasteiger partial charge on any atom is 0.397 e. The highest BCUT2D eigenvalue weighted by Gasteiger charge is 2.36. The highest BCUT2D eigenvalue weighted by Crippen LogP contribution is 2.34. The van der Waals surface area contributed by atoms with Crippen LogP contribution in [0.5, 0.6) is 0 Å². The third kappa shape index (κ3) is 8.20. The first-order chi connectivity index (χ1) is 13.5. The highest BCUT2D eigenvalue weighted by molar-refractivity contribution is 5.91. The standard InChI is InChI=1S/C16H17F6N3O2.C2H6/c1-7-4-11(7)27-15(23)25-13(14(18)19)9-5-8(2-3-10(9)17)24-12(26)6-16(20,21)22;1-2/h2-3,5,7,11,13-14H,4,6H2,1H3,(H2,23,25)(H,24,26);1-2H3/t7-,11+,13?;/m0./s1. The molecule has 11 heteroatoms. The summed E-state index contributed by atoms with van der Waals surface area (Å²) >= 11 is 0. The average molecular weight is 427 g/mol. The molecule has 1 aliphatic carbocycles. The van der Waals surface area contributed by atoms with Gasteiger partial charge in [0.15, 0.2) is 0 Å². The first-order valence-electron chi connectivity index (χ1n) is 8.90. The Balaban J connectivity index is 0.00000204. The number of benzene rings is 1. The SMILES string of the molecule is CC.C[C@H]1C[C@H]1OC(N)=NC(c1cc(NC(=O)CC(F)(F)F)ccc1F)C(F)F. The first kappa shape index (κ1) is 24.6. The molecule has 0 spiro atoms. The zero-order chi connectivity index (χ0) is 22.4. The molecular weight excluding hydrogens is 404 g/mol. The minimum absolute atomic E-state index is 0.202. The molecule has 0 aliphatic heterocycles. The molecule has 1 aromatic carbocycles. The lowest BCUT2D eigenvalue weighted by atomic mass is 10.1. The molecule has 0 radical (unpaired) electrons. The summed E-state index contributed by atoms with van der Waals surface area (Å²) in [4.78, 5) is 14.8. The lowest BCUT2D eigenvalue weighted by Crippen LogP contribution is -2.23. The van der Waals surface area contributed by atoms with E-state index in [9.17, 15) is 31.1 Å². The Hall–Kier alpha value is -2.46. The molecule has 1 saturated carbocycles. The molecule has 1 aliphatic rings. The topological polar surface area (TPSA) is 76.7 Å². The molecule has 0 saturated heterocycles. The third-order valence-electron chi connectivity index (χ3n) is 3.77. The Bertz CT molecular complexity index is 724. The second-order valence-corrected chi connectivity index (χ2v) is 6.19. The van der Waals surface area contributed by atoms with E-state index in [4.69, 9.17) is 10.5 Å². The third-order valence-corrected chi connectivity index (χ3v) is 3.77. The first-order valence-corrected chi connectivity index (χ1v) is 8.90. The van der Waals surface area contributed by atoms with Gasteiger partial charge in [0.1, 0.15) is 24.4 Å². The number of carbonyl (C=O) groups excluding carboxylic acids is 1. The molecule has 3 atom stereocenters. The quantitative estimate of drug-likeness (QED) is 0.389. The smallest absolute Gasteiger partial charge is 0.397 e. The van der Waals surface area contributed by atoms with Crippen molar-refractivity contribution in [1.82, 2.24) is 0 Å². The fraction of sp³-hybridized carbons (Fsp3) is 0.556. The van der Waals surface area contributed by atoms with Gasteiger partial charge in [-0.25, -0.2) is 18.2 Å². The van der Waals surface area contributed by atoms with Gasteiger partial charge >= 0.3 is 6.18 Å². The summed E-state index contributed by atoms with van der Waals surface area (Å²) in [5.41, 5.74) is 4.55. The Morgan fingerprint density at radius 1 is 1.34 bits per heavy atom. The molecule has 0 aromatic heterocycles. The second-order valence-electron chi connectivity index (χ2n) is 6.19. The van der Waals surface area contributed by atoms with Crippen LogP contribution < -0.4 is 11.1 Å². The predicted molar refractivity (Wildman–Crippen MR) is 96.1 cm³/mol. The van der Waals surface area contributed by atoms with Crippen molar-refractivity contribution in [3.63, 3.8) is 0 Å². The minimum atomic E-state index is -4.74. The largest absolute Gasteiger partial charge is 0.462 e. The van der Waals surface area contributed by atoms with Crippen molar-refractivity contribution in [3.8, 4) is 0 Å². The molecule has 29 heavy (non-hydrogen) atoms. The Kier molecular flexibility index (Phi) is 8.78. The van der Waals surface area contributed by atoms with Crippen molar-refractivity contribution in [2.24, 2.45) is 16.6 Å². The summed E-state index contributed by atoms with van der Waals surface area (Å²) in [5, 5.41) is 1.88. The van der Waals surface area contributed by atoms with Gasteiger partial charge in [-0.2, -0.15) is 13.2 Å². The number of nitrogens with one attached hydrogen (secondary N) is 1. The van der Waals surface area contributed by atoms with Crippen LogP contribution in [0.4, 0.5) is 32.0 Å². The van der Waals surface area contributed by atoms with E-state index in [0.717, 1.165) is 18.2 Å². The van der Waals surface area contributed by atoms with Crippen molar-refractivity contribution in [2.45, 2.75) is 58.4 Å². The van der Waals surface area contributed by atoms with Crippen LogP contribution in [0.2, 0.25) is 0 Å². The number of ether oxygens (including phenoxy) is 1. The van der Waals surface area contributed by atoms with Gasteiger partial charge in [0, 0.05) is 11.3 Å². The number of amides is 1. The molecule has 1 fully saturated rings. The maximum absolute atomic E-state index is 14.0. The van der Waals surface area contributed by atoms with E-state index in [1.807, 2.05) is 26.1 Å². The van der Waals surface area contributed by atoms with Crippen LogP contribution in [0.1, 0.15) is 45.2 Å². The summed E-state index contributed by atoms with van der Waals surface area (Å²) in [7, 11) is 0. The average Bonchev–Trinajstić information content (AvgIpc) is 3.29. The number of nitrogens with zero attached hydrogens (tertiary/aromatic N) is 1. The molecule has 1 unspecified atom stereocenters. The lowest BCUT2D eigenvalue weighted by Gasteiger charge is -2.16. The number of aliphatic imine (C=N–C) groups is 1. The number of nitrogens with two attached hydrogens (primary N) is 1. The molecule has 0 bridgehead atoms. The number of amidine groups is 1. The van der Waals surface area contributed by atoms with Crippen LogP contribution in [-0.4, -0.2) is 30.6 Å². The van der Waals surface area contributed by atoms with Crippen molar-refractivity contribution in [1.29, 1.82) is 0 Å². The van der Waals surface area contributed by atoms with E-state index in [1.165, 1.54) is 0 Å². The Morgan fingerprint density at radius 2 is 1.93 bits per heavy atom. The molecule has 1 amide bonds. The number of hydrogen-bond acceptors (Lipinski definition) is 3. The zero-order valence-corrected chi connectivity index (χ0v) is 16.1. The predicted octanol–water partition coefficient (Wildman–Crippen LogP) is 4.79. The summed E-state index contributed by atoms with van der Waals surface area (Å²) in [6.45, 7) is 5.86. The van der Waals surface area contributed by atoms with Crippen molar-refractivity contribution >= 4 is 17.6 Å². The monoisotopic (exact) mass is 427 g/mol. The maximum atomic E-state index is 14.0. The molecule has 3 N–H and O–H groups in total. The zero-order valence-electron chi connectivity index (χ0n) is 16.1. The van der Waals surface area contributed by atoms with Crippen molar-refractivity contribution in [3.05, 3.63) is 29.6 Å². The lowest BCUT2D eigenvalue weighted by molar-refractivity contribution is -0.150. The van der Waals surface area contributed by atoms with E-state index in [1.54, 1.807) is 0 Å². The number of alkyl halides is 5. The van der Waals surface area contributed by atoms with E-state index < -0.39 is 48.4 Å². The van der Waals surface area contributed by atoms with Gasteiger partial charge in [0.2, 0.25) is 5.91 Å². The number of carbonyl (C=O) groups is 1. The number of hydrogen-bond donors (Lipinski definition) is 2. The van der Waals surface area contributed by atoms with E-state index >= 15 is 0 Å². The van der Waals surface area contributed by atoms with Crippen LogP contribution in [0.3, 0.4) is 0 Å². The molecule has 164 valence electrons. The number of halogens is 6. The summed E-state index contributed by atoms with van der Waals surface area (Å²) in [6.07, 6.45) is -9.24. The molecule has 1 aromatic rings. The summed E-state index contributed by atoms with van der Waals surface area (Å²) in [6, 6.07) is -0.107. The molecule has 5 nitrogen and oxygen atoms in total. The Morgan fingerprint density at radius 3 is 2.41 bits per heavy atom. The van der Waals surface area contributed by atoms with E-state index in [2.05, 4.69) is 4.99 Å². The van der Waals surface area contributed by atoms with Gasteiger partial charge in [0.25, 0.3) is 12.4 Å². The number of rotatable bonds is 6. The van der Waals surface area contributed by atoms with Gasteiger partial charge in [-0.15, -0.1) is 0 Å². The van der Waals surface area contributed by atoms with Crippen LogP contribution in [0, 0.1) is 11.7 Å². The normalized spacial score (nSPS) is 19.9. The van der Waals surface area contributed by atoms with Gasteiger partial charge in [-0.05, 0) is 30.5 Å². The van der Waals surface area contributed by atoms with Gasteiger partial charge in [-0.3, -0.25) is 4.79 Å². The van der Waals surface area contributed by atoms with Gasteiger partial charge in [0.05, 0.1) is 0 Å². The molecule has 0 heterocycles. The second kappa shape index (κ2) is 10.4. The molecular formula is C18H23F6N3O2. The van der Waals surface area contributed by atoms with Crippen LogP contribution in [0.15, 0.2) is 23.2 Å². The minimum Gasteiger partial charge on any atom is -0.462 e. The van der Waals surface area contributed by atoms with Gasteiger partial charge in [-0.1, -0.05) is 20.8 Å². The fourth-order valence-electron chi connectivity index (χ4n) is 2.27. The summed E-state index contributed by atoms with van der Waals surface area (Å²) < 4.78 is 82.4. The van der Waals surface area contributed by atoms with Gasteiger partial charge < -0.3 is 15.8 Å². The van der Waals surface area contributed by atoms with Crippen LogP contribution >= 0.6 is 0 Å². The fourth-order valence-corrected chi connectivity index (χ4v) is 2.27. The Labute approximate surface area is 164 Å². The van der Waals surface area contributed by atoms with Crippen LogP contribution in [0.25, 0.3) is 0 Å². The van der Waals surface area contributed by atoms with Crippen molar-refractivity contribution < 1.29 is 35.9 Å². The molecule has 2 rings (SSSR count). The number of anilines is 1. The van der Waals surface area contributed by atoms with Crippen LogP contribution in [-0.2, 0) is 9.53 Å².